The summed E-state index contributed by atoms with van der Waals surface area (Å²) in [5, 5.41) is 10.2. The number of fused-ring (bicyclic) bond motifs is 1. The number of piperidine rings is 1. The lowest BCUT2D eigenvalue weighted by Crippen LogP contribution is -2.39. The Labute approximate surface area is 124 Å². The molecular weight excluding hydrogens is 264 g/mol. The third-order valence-corrected chi connectivity index (χ3v) is 4.50. The Bertz CT molecular complexity index is 620. The molecule has 2 aromatic rings. The van der Waals surface area contributed by atoms with Crippen molar-refractivity contribution in [1.82, 2.24) is 9.88 Å². The van der Waals surface area contributed by atoms with Gasteiger partial charge in [0.15, 0.2) is 0 Å². The molecule has 2 N–H and O–H groups in total. The second-order valence-electron chi connectivity index (χ2n) is 5.91. The van der Waals surface area contributed by atoms with E-state index in [0.29, 0.717) is 6.04 Å². The van der Waals surface area contributed by atoms with Crippen LogP contribution in [-0.4, -0.2) is 33.5 Å². The second kappa shape index (κ2) is 6.31. The zero-order valence-corrected chi connectivity index (χ0v) is 12.2. The van der Waals surface area contributed by atoms with Crippen LogP contribution in [0.4, 0.5) is 0 Å². The number of H-pyrrole nitrogens is 1. The van der Waals surface area contributed by atoms with Gasteiger partial charge in [-0.2, -0.15) is 0 Å². The van der Waals surface area contributed by atoms with E-state index in [1.165, 1.54) is 29.3 Å². The maximum absolute atomic E-state index is 10.8. The number of carboxylic acid groups (broad SMARTS) is 1. The predicted molar refractivity (Wildman–Crippen MR) is 83.2 cm³/mol. The van der Waals surface area contributed by atoms with Crippen molar-refractivity contribution in [3.05, 3.63) is 36.0 Å². The van der Waals surface area contributed by atoms with E-state index in [2.05, 4.69) is 34.1 Å². The lowest BCUT2D eigenvalue weighted by atomic mass is 9.96. The van der Waals surface area contributed by atoms with Gasteiger partial charge in [0, 0.05) is 36.1 Å². The fourth-order valence-electron chi connectivity index (χ4n) is 3.39. The molecule has 1 aromatic carbocycles. The van der Waals surface area contributed by atoms with Crippen LogP contribution in [0, 0.1) is 0 Å². The molecule has 0 aliphatic carbocycles. The highest BCUT2D eigenvalue weighted by atomic mass is 16.4. The number of hydrogen-bond acceptors (Lipinski definition) is 2. The molecule has 1 saturated heterocycles. The van der Waals surface area contributed by atoms with E-state index in [0.717, 1.165) is 25.9 Å². The SMILES string of the molecule is O=C(O)CCC1CCCCN1Cc1cccc2[nH]ccc12. The first kappa shape index (κ1) is 14.1. The number of rotatable bonds is 5. The van der Waals surface area contributed by atoms with Crippen LogP contribution in [0.15, 0.2) is 30.5 Å². The van der Waals surface area contributed by atoms with Gasteiger partial charge in [0.2, 0.25) is 0 Å². The first-order valence-electron chi connectivity index (χ1n) is 7.75. The van der Waals surface area contributed by atoms with E-state index in [4.69, 9.17) is 5.11 Å². The molecule has 1 fully saturated rings. The average molecular weight is 286 g/mol. The van der Waals surface area contributed by atoms with Crippen LogP contribution in [-0.2, 0) is 11.3 Å². The van der Waals surface area contributed by atoms with Gasteiger partial charge in [0.05, 0.1) is 0 Å². The standard InChI is InChI=1S/C17H22N2O2/c20-17(21)8-7-14-5-1-2-11-19(14)12-13-4-3-6-16-15(13)9-10-18-16/h3-4,6,9-10,14,18H,1-2,5,7-8,11-12H2,(H,20,21). The summed E-state index contributed by atoms with van der Waals surface area (Å²) in [6.45, 7) is 1.99. The van der Waals surface area contributed by atoms with Crippen LogP contribution in [0.2, 0.25) is 0 Å². The highest BCUT2D eigenvalue weighted by molar-refractivity contribution is 5.82. The highest BCUT2D eigenvalue weighted by Gasteiger charge is 2.23. The van der Waals surface area contributed by atoms with Gasteiger partial charge in [0.25, 0.3) is 0 Å². The molecule has 0 radical (unpaired) electrons. The number of carbonyl (C=O) groups is 1. The van der Waals surface area contributed by atoms with Crippen molar-refractivity contribution in [2.75, 3.05) is 6.54 Å². The minimum atomic E-state index is -0.687. The molecule has 4 nitrogen and oxygen atoms in total. The molecule has 1 atom stereocenters. The number of benzene rings is 1. The number of carboxylic acids is 1. The maximum Gasteiger partial charge on any atom is 0.303 e. The number of nitrogens with zero attached hydrogens (tertiary/aromatic N) is 1. The van der Waals surface area contributed by atoms with E-state index in [1.807, 2.05) is 6.20 Å². The predicted octanol–water partition coefficient (Wildman–Crippen LogP) is 3.39. The van der Waals surface area contributed by atoms with Crippen molar-refractivity contribution in [1.29, 1.82) is 0 Å². The molecule has 0 saturated carbocycles. The summed E-state index contributed by atoms with van der Waals surface area (Å²) in [4.78, 5) is 16.5. The van der Waals surface area contributed by atoms with E-state index < -0.39 is 5.97 Å². The smallest absolute Gasteiger partial charge is 0.303 e. The fraction of sp³-hybridized carbons (Fsp3) is 0.471. The Morgan fingerprint density at radius 3 is 3.10 bits per heavy atom. The quantitative estimate of drug-likeness (QED) is 0.886. The monoisotopic (exact) mass is 286 g/mol. The van der Waals surface area contributed by atoms with Crippen molar-refractivity contribution in [2.24, 2.45) is 0 Å². The molecule has 112 valence electrons. The van der Waals surface area contributed by atoms with Crippen molar-refractivity contribution in [3.63, 3.8) is 0 Å². The molecule has 1 aliphatic rings. The van der Waals surface area contributed by atoms with Crippen molar-refractivity contribution in [3.8, 4) is 0 Å². The van der Waals surface area contributed by atoms with Crippen LogP contribution in [0.3, 0.4) is 0 Å². The van der Waals surface area contributed by atoms with Crippen molar-refractivity contribution < 1.29 is 9.90 Å². The van der Waals surface area contributed by atoms with Crippen molar-refractivity contribution >= 4 is 16.9 Å². The molecule has 4 heteroatoms. The third kappa shape index (κ3) is 3.27. The average Bonchev–Trinajstić information content (AvgIpc) is 2.96. The van der Waals surface area contributed by atoms with Crippen LogP contribution < -0.4 is 0 Å². The lowest BCUT2D eigenvalue weighted by molar-refractivity contribution is -0.137. The normalized spacial score (nSPS) is 19.9. The first-order chi connectivity index (χ1) is 10.2. The van der Waals surface area contributed by atoms with Gasteiger partial charge in [-0.1, -0.05) is 18.6 Å². The van der Waals surface area contributed by atoms with Gasteiger partial charge < -0.3 is 10.1 Å². The largest absolute Gasteiger partial charge is 0.481 e. The first-order valence-corrected chi connectivity index (χ1v) is 7.75. The molecule has 0 spiro atoms. The van der Waals surface area contributed by atoms with Gasteiger partial charge in [-0.3, -0.25) is 9.69 Å². The van der Waals surface area contributed by atoms with Crippen LogP contribution in [0.25, 0.3) is 10.9 Å². The van der Waals surface area contributed by atoms with E-state index in [1.54, 1.807) is 0 Å². The van der Waals surface area contributed by atoms with Crippen molar-refractivity contribution in [2.45, 2.75) is 44.7 Å². The number of aromatic nitrogens is 1. The van der Waals surface area contributed by atoms with Gasteiger partial charge in [-0.05, 0) is 43.5 Å². The van der Waals surface area contributed by atoms with Gasteiger partial charge in [-0.25, -0.2) is 0 Å². The molecule has 0 amide bonds. The molecule has 1 aromatic heterocycles. The highest BCUT2D eigenvalue weighted by Crippen LogP contribution is 2.25. The van der Waals surface area contributed by atoms with Crippen LogP contribution in [0.5, 0.6) is 0 Å². The van der Waals surface area contributed by atoms with E-state index in [-0.39, 0.29) is 6.42 Å². The summed E-state index contributed by atoms with van der Waals surface area (Å²) in [5.74, 6) is -0.687. The number of likely N-dealkylation sites (tertiary alicyclic amines) is 1. The molecular formula is C17H22N2O2. The Kier molecular flexibility index (Phi) is 4.25. The van der Waals surface area contributed by atoms with E-state index in [9.17, 15) is 4.79 Å². The van der Waals surface area contributed by atoms with Crippen LogP contribution >= 0.6 is 0 Å². The molecule has 0 bridgehead atoms. The Balaban J connectivity index is 1.74. The fourth-order valence-corrected chi connectivity index (χ4v) is 3.39. The van der Waals surface area contributed by atoms with Gasteiger partial charge in [0.1, 0.15) is 0 Å². The number of aromatic amines is 1. The maximum atomic E-state index is 10.8. The summed E-state index contributed by atoms with van der Waals surface area (Å²) in [5.41, 5.74) is 2.50. The summed E-state index contributed by atoms with van der Waals surface area (Å²) in [6, 6.07) is 8.89. The van der Waals surface area contributed by atoms with Gasteiger partial charge in [-0.15, -0.1) is 0 Å². The minimum Gasteiger partial charge on any atom is -0.481 e. The molecule has 1 aliphatic heterocycles. The zero-order chi connectivity index (χ0) is 14.7. The topological polar surface area (TPSA) is 56.3 Å². The number of hydrogen-bond donors (Lipinski definition) is 2. The second-order valence-corrected chi connectivity index (χ2v) is 5.91. The summed E-state index contributed by atoms with van der Waals surface area (Å²) in [7, 11) is 0. The van der Waals surface area contributed by atoms with Crippen LogP contribution in [0.1, 0.15) is 37.7 Å². The Morgan fingerprint density at radius 2 is 2.24 bits per heavy atom. The third-order valence-electron chi connectivity index (χ3n) is 4.50. The zero-order valence-electron chi connectivity index (χ0n) is 12.2. The van der Waals surface area contributed by atoms with Gasteiger partial charge >= 0.3 is 5.97 Å². The summed E-state index contributed by atoms with van der Waals surface area (Å²) < 4.78 is 0. The number of nitrogens with one attached hydrogen (secondary N) is 1. The summed E-state index contributed by atoms with van der Waals surface area (Å²) >= 11 is 0. The number of aliphatic carboxylic acids is 1. The Morgan fingerprint density at radius 1 is 1.33 bits per heavy atom. The molecule has 21 heavy (non-hydrogen) atoms. The Hall–Kier alpha value is -1.81. The minimum absolute atomic E-state index is 0.273. The lowest BCUT2D eigenvalue weighted by Gasteiger charge is -2.35. The molecule has 3 rings (SSSR count). The van der Waals surface area contributed by atoms with E-state index >= 15 is 0 Å². The summed E-state index contributed by atoms with van der Waals surface area (Å²) in [6.07, 6.45) is 6.57. The molecule has 2 heterocycles. The molecule has 1 unspecified atom stereocenters.